The van der Waals surface area contributed by atoms with Crippen LogP contribution in [0.25, 0.3) is 0 Å². The highest BCUT2D eigenvalue weighted by atomic mass is 35.5. The highest BCUT2D eigenvalue weighted by molar-refractivity contribution is 8.00. The molecule has 0 saturated heterocycles. The molecule has 2 nitrogen and oxygen atoms in total. The summed E-state index contributed by atoms with van der Waals surface area (Å²) in [4.78, 5) is 1.13. The van der Waals surface area contributed by atoms with Gasteiger partial charge in [0.25, 0.3) is 0 Å². The summed E-state index contributed by atoms with van der Waals surface area (Å²) in [6.45, 7) is 9.32. The molecule has 2 aromatic rings. The van der Waals surface area contributed by atoms with Gasteiger partial charge in [-0.1, -0.05) is 56.1 Å². The van der Waals surface area contributed by atoms with E-state index in [0.717, 1.165) is 52.1 Å². The van der Waals surface area contributed by atoms with Gasteiger partial charge in [0.2, 0.25) is 0 Å². The number of anilines is 1. The molecule has 0 radical (unpaired) electrons. The Hall–Kier alpha value is -0.870. The van der Waals surface area contributed by atoms with Gasteiger partial charge in [-0.05, 0) is 60.8 Å². The fraction of sp³-hybridized carbons (Fsp3) is 0.429. The van der Waals surface area contributed by atoms with Crippen molar-refractivity contribution in [2.45, 2.75) is 49.8 Å². The van der Waals surface area contributed by atoms with Gasteiger partial charge in [-0.3, -0.25) is 0 Å². The summed E-state index contributed by atoms with van der Waals surface area (Å²) in [6.07, 6.45) is 2.05. The Morgan fingerprint density at radius 3 is 2.54 bits per heavy atom. The largest absolute Gasteiger partial charge is 0.380 e. The molecule has 0 unspecified atom stereocenters. The van der Waals surface area contributed by atoms with Gasteiger partial charge < -0.3 is 10.6 Å². The van der Waals surface area contributed by atoms with Gasteiger partial charge in [0.1, 0.15) is 0 Å². The van der Waals surface area contributed by atoms with Gasteiger partial charge in [0, 0.05) is 16.2 Å². The first-order chi connectivity index (χ1) is 12.3. The molecule has 2 N–H and O–H groups in total. The standard InChI is InChI=1S/C21H26Cl2N2S/c1-21(2,3)26-19-7-4-14(12-18(19)23)13-25-20-16-9-11-24-10-8-15(16)5-6-17(20)22/h4-7,12,24-25H,8-11,13H2,1-3H3. The Labute approximate surface area is 171 Å². The predicted molar refractivity (Wildman–Crippen MR) is 116 cm³/mol. The molecule has 0 spiro atoms. The van der Waals surface area contributed by atoms with E-state index in [1.807, 2.05) is 6.07 Å². The topological polar surface area (TPSA) is 24.1 Å². The van der Waals surface area contributed by atoms with Crippen LogP contribution in [0.15, 0.2) is 35.2 Å². The van der Waals surface area contributed by atoms with Gasteiger partial charge >= 0.3 is 0 Å². The molecule has 1 heterocycles. The molecular formula is C21H26Cl2N2S. The third-order valence-corrected chi connectivity index (χ3v) is 6.29. The van der Waals surface area contributed by atoms with Crippen molar-refractivity contribution in [2.24, 2.45) is 0 Å². The quantitative estimate of drug-likeness (QED) is 0.590. The molecule has 0 saturated carbocycles. The van der Waals surface area contributed by atoms with Crippen LogP contribution in [0.5, 0.6) is 0 Å². The van der Waals surface area contributed by atoms with E-state index < -0.39 is 0 Å². The second-order valence-electron chi connectivity index (χ2n) is 7.64. The first kappa shape index (κ1) is 19.9. The van der Waals surface area contributed by atoms with E-state index in [4.69, 9.17) is 23.2 Å². The molecule has 1 aliphatic rings. The fourth-order valence-electron chi connectivity index (χ4n) is 3.19. The van der Waals surface area contributed by atoms with Crippen molar-refractivity contribution in [3.8, 4) is 0 Å². The maximum atomic E-state index is 6.50. The molecule has 26 heavy (non-hydrogen) atoms. The lowest BCUT2D eigenvalue weighted by Gasteiger charge is -2.19. The number of hydrogen-bond donors (Lipinski definition) is 2. The highest BCUT2D eigenvalue weighted by Crippen LogP contribution is 2.37. The van der Waals surface area contributed by atoms with Gasteiger partial charge in [-0.2, -0.15) is 0 Å². The van der Waals surface area contributed by atoms with Crippen LogP contribution in [0.4, 0.5) is 5.69 Å². The summed E-state index contributed by atoms with van der Waals surface area (Å²) in [5, 5.41) is 8.61. The molecular weight excluding hydrogens is 383 g/mol. The molecule has 3 rings (SSSR count). The van der Waals surface area contributed by atoms with Crippen molar-refractivity contribution >= 4 is 40.7 Å². The van der Waals surface area contributed by atoms with Crippen LogP contribution in [-0.4, -0.2) is 17.8 Å². The Morgan fingerprint density at radius 1 is 1.04 bits per heavy atom. The lowest BCUT2D eigenvalue weighted by molar-refractivity contribution is 0.711. The summed E-state index contributed by atoms with van der Waals surface area (Å²) >= 11 is 14.8. The number of thioether (sulfide) groups is 1. The fourth-order valence-corrected chi connectivity index (χ4v) is 4.71. The van der Waals surface area contributed by atoms with Crippen LogP contribution >= 0.6 is 35.0 Å². The molecule has 1 aliphatic heterocycles. The van der Waals surface area contributed by atoms with Crippen LogP contribution in [0.1, 0.15) is 37.5 Å². The lowest BCUT2D eigenvalue weighted by atomic mass is 10.0. The molecule has 0 bridgehead atoms. The van der Waals surface area contributed by atoms with E-state index >= 15 is 0 Å². The van der Waals surface area contributed by atoms with Crippen molar-refractivity contribution in [3.05, 3.63) is 57.1 Å². The predicted octanol–water partition coefficient (Wildman–Crippen LogP) is 6.18. The van der Waals surface area contributed by atoms with E-state index in [1.54, 1.807) is 11.8 Å². The van der Waals surface area contributed by atoms with Crippen molar-refractivity contribution in [2.75, 3.05) is 18.4 Å². The second-order valence-corrected chi connectivity index (χ2v) is 10.3. The summed E-state index contributed by atoms with van der Waals surface area (Å²) in [5.74, 6) is 0. The number of nitrogens with one attached hydrogen (secondary N) is 2. The Morgan fingerprint density at radius 2 is 1.81 bits per heavy atom. The number of fused-ring (bicyclic) bond motifs is 1. The molecule has 0 aliphatic carbocycles. The number of halogens is 2. The first-order valence-corrected chi connectivity index (χ1v) is 10.6. The van der Waals surface area contributed by atoms with E-state index in [1.165, 1.54) is 11.1 Å². The Bertz CT molecular complexity index is 784. The first-order valence-electron chi connectivity index (χ1n) is 9.06. The maximum Gasteiger partial charge on any atom is 0.0640 e. The summed E-state index contributed by atoms with van der Waals surface area (Å²) in [7, 11) is 0. The summed E-state index contributed by atoms with van der Waals surface area (Å²) in [6, 6.07) is 10.5. The lowest BCUT2D eigenvalue weighted by Crippen LogP contribution is -2.16. The van der Waals surface area contributed by atoms with E-state index in [-0.39, 0.29) is 4.75 Å². The van der Waals surface area contributed by atoms with Crippen LogP contribution in [0.3, 0.4) is 0 Å². The van der Waals surface area contributed by atoms with Crippen molar-refractivity contribution in [3.63, 3.8) is 0 Å². The zero-order valence-corrected chi connectivity index (χ0v) is 17.9. The normalized spacial score (nSPS) is 14.7. The number of benzene rings is 2. The monoisotopic (exact) mass is 408 g/mol. The van der Waals surface area contributed by atoms with Crippen molar-refractivity contribution < 1.29 is 0 Å². The molecule has 0 aromatic heterocycles. The van der Waals surface area contributed by atoms with Crippen LogP contribution in [-0.2, 0) is 19.4 Å². The number of rotatable bonds is 4. The highest BCUT2D eigenvalue weighted by Gasteiger charge is 2.16. The summed E-state index contributed by atoms with van der Waals surface area (Å²) in [5.41, 5.74) is 4.95. The van der Waals surface area contributed by atoms with Crippen molar-refractivity contribution in [1.82, 2.24) is 5.32 Å². The van der Waals surface area contributed by atoms with Crippen molar-refractivity contribution in [1.29, 1.82) is 0 Å². The molecule has 5 heteroatoms. The zero-order valence-electron chi connectivity index (χ0n) is 15.6. The van der Waals surface area contributed by atoms with Gasteiger partial charge in [-0.25, -0.2) is 0 Å². The minimum Gasteiger partial charge on any atom is -0.380 e. The van der Waals surface area contributed by atoms with Crippen LogP contribution in [0.2, 0.25) is 10.0 Å². The zero-order chi connectivity index (χ0) is 18.7. The smallest absolute Gasteiger partial charge is 0.0640 e. The molecule has 2 aromatic carbocycles. The average molecular weight is 409 g/mol. The number of hydrogen-bond acceptors (Lipinski definition) is 3. The van der Waals surface area contributed by atoms with Crippen LogP contribution < -0.4 is 10.6 Å². The maximum absolute atomic E-state index is 6.50. The van der Waals surface area contributed by atoms with E-state index in [0.29, 0.717) is 6.54 Å². The van der Waals surface area contributed by atoms with Crippen LogP contribution in [0, 0.1) is 0 Å². The SMILES string of the molecule is CC(C)(C)Sc1ccc(CNc2c(Cl)ccc3c2CCNCC3)cc1Cl. The average Bonchev–Trinajstić information content (AvgIpc) is 2.81. The van der Waals surface area contributed by atoms with E-state index in [9.17, 15) is 0 Å². The minimum atomic E-state index is 0.145. The third-order valence-electron chi connectivity index (χ3n) is 4.36. The summed E-state index contributed by atoms with van der Waals surface area (Å²) < 4.78 is 0.145. The Kier molecular flexibility index (Phi) is 6.45. The van der Waals surface area contributed by atoms with E-state index in [2.05, 4.69) is 55.7 Å². The minimum absolute atomic E-state index is 0.145. The molecule has 0 amide bonds. The molecule has 140 valence electrons. The molecule has 0 fully saturated rings. The van der Waals surface area contributed by atoms with Gasteiger partial charge in [0.05, 0.1) is 15.7 Å². The van der Waals surface area contributed by atoms with Gasteiger partial charge in [-0.15, -0.1) is 11.8 Å². The Balaban J connectivity index is 1.76. The van der Waals surface area contributed by atoms with Gasteiger partial charge in [0.15, 0.2) is 0 Å². The second kappa shape index (κ2) is 8.43. The molecule has 0 atom stereocenters. The third kappa shape index (κ3) is 5.10.